The SMILES string of the molecule is Cc1cc(Br)ccc1NC1CC2CCC(C1)N2C. The van der Waals surface area contributed by atoms with Gasteiger partial charge in [-0.3, -0.25) is 0 Å². The molecule has 1 N–H and O–H groups in total. The molecule has 98 valence electrons. The van der Waals surface area contributed by atoms with Crippen LogP contribution in [0.4, 0.5) is 5.69 Å². The molecule has 2 saturated heterocycles. The Labute approximate surface area is 118 Å². The van der Waals surface area contributed by atoms with Crippen LogP contribution >= 0.6 is 15.9 Å². The maximum atomic E-state index is 3.75. The number of halogens is 1. The van der Waals surface area contributed by atoms with Crippen molar-refractivity contribution in [1.82, 2.24) is 4.90 Å². The van der Waals surface area contributed by atoms with Crippen LogP contribution < -0.4 is 5.32 Å². The Morgan fingerprint density at radius 3 is 2.50 bits per heavy atom. The van der Waals surface area contributed by atoms with Crippen molar-refractivity contribution in [3.63, 3.8) is 0 Å². The molecule has 3 rings (SSSR count). The summed E-state index contributed by atoms with van der Waals surface area (Å²) in [4.78, 5) is 2.59. The lowest BCUT2D eigenvalue weighted by atomic mass is 9.97. The zero-order chi connectivity index (χ0) is 12.7. The molecule has 2 heterocycles. The first kappa shape index (κ1) is 12.5. The summed E-state index contributed by atoms with van der Waals surface area (Å²) in [7, 11) is 2.30. The predicted octanol–water partition coefficient (Wildman–Crippen LogP) is 3.79. The number of hydrogen-bond donors (Lipinski definition) is 1. The van der Waals surface area contributed by atoms with E-state index in [9.17, 15) is 0 Å². The second-order valence-corrected chi connectivity index (χ2v) is 6.74. The molecule has 3 heteroatoms. The van der Waals surface area contributed by atoms with Gasteiger partial charge in [-0.2, -0.15) is 0 Å². The van der Waals surface area contributed by atoms with Crippen molar-refractivity contribution in [3.8, 4) is 0 Å². The maximum Gasteiger partial charge on any atom is 0.0372 e. The van der Waals surface area contributed by atoms with Crippen LogP contribution in [0.3, 0.4) is 0 Å². The molecule has 2 aliphatic rings. The van der Waals surface area contributed by atoms with Crippen LogP contribution in [0.2, 0.25) is 0 Å². The Kier molecular flexibility index (Phi) is 3.37. The van der Waals surface area contributed by atoms with Crippen LogP contribution in [0, 0.1) is 6.92 Å². The van der Waals surface area contributed by atoms with E-state index >= 15 is 0 Å². The standard InChI is InChI=1S/C15H21BrN2/c1-10-7-11(16)3-6-15(10)17-12-8-13-4-5-14(9-12)18(13)2/h3,6-7,12-14,17H,4-5,8-9H2,1-2H3. The summed E-state index contributed by atoms with van der Waals surface area (Å²) in [6.07, 6.45) is 5.36. The van der Waals surface area contributed by atoms with Gasteiger partial charge in [-0.1, -0.05) is 15.9 Å². The van der Waals surface area contributed by atoms with Gasteiger partial charge < -0.3 is 10.2 Å². The molecule has 2 nitrogen and oxygen atoms in total. The first-order chi connectivity index (χ1) is 8.63. The molecular weight excluding hydrogens is 288 g/mol. The lowest BCUT2D eigenvalue weighted by molar-refractivity contribution is 0.169. The van der Waals surface area contributed by atoms with Gasteiger partial charge in [-0.05, 0) is 63.4 Å². The summed E-state index contributed by atoms with van der Waals surface area (Å²) < 4.78 is 1.16. The summed E-state index contributed by atoms with van der Waals surface area (Å²) in [5, 5.41) is 3.75. The first-order valence-electron chi connectivity index (χ1n) is 6.88. The molecule has 1 aromatic rings. The van der Waals surface area contributed by atoms with Crippen molar-refractivity contribution in [2.24, 2.45) is 0 Å². The van der Waals surface area contributed by atoms with Crippen molar-refractivity contribution in [3.05, 3.63) is 28.2 Å². The molecule has 0 radical (unpaired) electrons. The highest BCUT2D eigenvalue weighted by Gasteiger charge is 2.38. The van der Waals surface area contributed by atoms with E-state index in [2.05, 4.69) is 58.3 Å². The highest BCUT2D eigenvalue weighted by Crippen LogP contribution is 2.35. The number of benzene rings is 1. The van der Waals surface area contributed by atoms with E-state index in [1.807, 2.05) is 0 Å². The predicted molar refractivity (Wildman–Crippen MR) is 80.1 cm³/mol. The number of hydrogen-bond acceptors (Lipinski definition) is 2. The molecule has 18 heavy (non-hydrogen) atoms. The van der Waals surface area contributed by atoms with Gasteiger partial charge in [0.25, 0.3) is 0 Å². The Hall–Kier alpha value is -0.540. The second kappa shape index (κ2) is 4.86. The zero-order valence-corrected chi connectivity index (χ0v) is 12.7. The van der Waals surface area contributed by atoms with Crippen LogP contribution in [0.25, 0.3) is 0 Å². The third kappa shape index (κ3) is 2.30. The normalized spacial score (nSPS) is 31.6. The molecular formula is C15H21BrN2. The number of rotatable bonds is 2. The fraction of sp³-hybridized carbons (Fsp3) is 0.600. The zero-order valence-electron chi connectivity index (χ0n) is 11.1. The van der Waals surface area contributed by atoms with E-state index in [1.165, 1.54) is 36.9 Å². The van der Waals surface area contributed by atoms with E-state index in [-0.39, 0.29) is 0 Å². The Balaban J connectivity index is 1.70. The van der Waals surface area contributed by atoms with E-state index in [0.29, 0.717) is 6.04 Å². The molecule has 2 aliphatic heterocycles. The molecule has 0 spiro atoms. The number of anilines is 1. The molecule has 1 aromatic carbocycles. The largest absolute Gasteiger partial charge is 0.382 e. The van der Waals surface area contributed by atoms with Gasteiger partial charge in [0.15, 0.2) is 0 Å². The van der Waals surface area contributed by atoms with E-state index in [4.69, 9.17) is 0 Å². The molecule has 2 bridgehead atoms. The minimum atomic E-state index is 0.651. The third-order valence-electron chi connectivity index (χ3n) is 4.65. The molecule has 0 amide bonds. The fourth-order valence-electron chi connectivity index (χ4n) is 3.54. The third-order valence-corrected chi connectivity index (χ3v) is 5.14. The lowest BCUT2D eigenvalue weighted by Gasteiger charge is -2.37. The Morgan fingerprint density at radius 1 is 1.22 bits per heavy atom. The summed E-state index contributed by atoms with van der Waals surface area (Å²) in [6.45, 7) is 2.18. The van der Waals surface area contributed by atoms with E-state index in [0.717, 1.165) is 16.6 Å². The molecule has 0 saturated carbocycles. The molecule has 2 unspecified atom stereocenters. The van der Waals surface area contributed by atoms with Crippen LogP contribution in [-0.2, 0) is 0 Å². The van der Waals surface area contributed by atoms with Gasteiger partial charge in [-0.15, -0.1) is 0 Å². The van der Waals surface area contributed by atoms with Gasteiger partial charge in [0.05, 0.1) is 0 Å². The summed E-state index contributed by atoms with van der Waals surface area (Å²) in [5.41, 5.74) is 2.63. The quantitative estimate of drug-likeness (QED) is 0.894. The van der Waals surface area contributed by atoms with Crippen LogP contribution in [0.15, 0.2) is 22.7 Å². The number of nitrogens with zero attached hydrogens (tertiary/aromatic N) is 1. The highest BCUT2D eigenvalue weighted by atomic mass is 79.9. The van der Waals surface area contributed by atoms with Crippen LogP contribution in [-0.4, -0.2) is 30.1 Å². The highest BCUT2D eigenvalue weighted by molar-refractivity contribution is 9.10. The monoisotopic (exact) mass is 308 g/mol. The van der Waals surface area contributed by atoms with Gasteiger partial charge >= 0.3 is 0 Å². The summed E-state index contributed by atoms with van der Waals surface area (Å²) in [5.74, 6) is 0. The van der Waals surface area contributed by atoms with Crippen molar-refractivity contribution in [1.29, 1.82) is 0 Å². The van der Waals surface area contributed by atoms with Crippen molar-refractivity contribution in [2.45, 2.75) is 50.7 Å². The van der Waals surface area contributed by atoms with Gasteiger partial charge in [0.1, 0.15) is 0 Å². The minimum Gasteiger partial charge on any atom is -0.382 e. The Bertz CT molecular complexity index is 432. The number of aryl methyl sites for hydroxylation is 1. The van der Waals surface area contributed by atoms with E-state index < -0.39 is 0 Å². The topological polar surface area (TPSA) is 15.3 Å². The van der Waals surface area contributed by atoms with Gasteiger partial charge in [-0.25, -0.2) is 0 Å². The van der Waals surface area contributed by atoms with Gasteiger partial charge in [0.2, 0.25) is 0 Å². The van der Waals surface area contributed by atoms with E-state index in [1.54, 1.807) is 0 Å². The first-order valence-corrected chi connectivity index (χ1v) is 7.67. The number of fused-ring (bicyclic) bond motifs is 2. The summed E-state index contributed by atoms with van der Waals surface area (Å²) in [6, 6.07) is 8.76. The van der Waals surface area contributed by atoms with Crippen LogP contribution in [0.1, 0.15) is 31.2 Å². The molecule has 0 aliphatic carbocycles. The molecule has 2 atom stereocenters. The smallest absolute Gasteiger partial charge is 0.0372 e. The van der Waals surface area contributed by atoms with Crippen molar-refractivity contribution in [2.75, 3.05) is 12.4 Å². The molecule has 0 aromatic heterocycles. The average Bonchev–Trinajstić information content (AvgIpc) is 2.57. The maximum absolute atomic E-state index is 3.75. The Morgan fingerprint density at radius 2 is 1.89 bits per heavy atom. The lowest BCUT2D eigenvalue weighted by Crippen LogP contribution is -2.44. The fourth-order valence-corrected chi connectivity index (χ4v) is 4.01. The second-order valence-electron chi connectivity index (χ2n) is 5.82. The average molecular weight is 309 g/mol. The minimum absolute atomic E-state index is 0.651. The van der Waals surface area contributed by atoms with Gasteiger partial charge in [0, 0.05) is 28.3 Å². The van der Waals surface area contributed by atoms with Crippen molar-refractivity contribution < 1.29 is 0 Å². The number of nitrogens with one attached hydrogen (secondary N) is 1. The van der Waals surface area contributed by atoms with Crippen molar-refractivity contribution >= 4 is 21.6 Å². The summed E-state index contributed by atoms with van der Waals surface area (Å²) >= 11 is 3.52. The van der Waals surface area contributed by atoms with Crippen LogP contribution in [0.5, 0.6) is 0 Å². The number of piperidine rings is 1. The molecule has 2 fully saturated rings.